The van der Waals surface area contributed by atoms with Gasteiger partial charge in [-0.3, -0.25) is 4.72 Å². The summed E-state index contributed by atoms with van der Waals surface area (Å²) in [5.41, 5.74) is 7.08. The van der Waals surface area contributed by atoms with Crippen LogP contribution in [-0.2, 0) is 10.0 Å². The van der Waals surface area contributed by atoms with Crippen molar-refractivity contribution in [3.63, 3.8) is 0 Å². The molecule has 0 heterocycles. The average molecular weight is 308 g/mol. The first-order valence-corrected chi connectivity index (χ1v) is 7.92. The summed E-state index contributed by atoms with van der Waals surface area (Å²) in [6.45, 7) is 3.49. The van der Waals surface area contributed by atoms with E-state index in [1.807, 2.05) is 0 Å². The van der Waals surface area contributed by atoms with Crippen LogP contribution in [0.3, 0.4) is 0 Å². The van der Waals surface area contributed by atoms with Gasteiger partial charge >= 0.3 is 0 Å². The molecule has 0 aromatic heterocycles. The van der Waals surface area contributed by atoms with Crippen LogP contribution in [-0.4, -0.2) is 8.42 Å². The van der Waals surface area contributed by atoms with Gasteiger partial charge in [-0.15, -0.1) is 0 Å². The van der Waals surface area contributed by atoms with Crippen LogP contribution in [0, 0.1) is 12.7 Å². The monoisotopic (exact) mass is 308 g/mol. The lowest BCUT2D eigenvalue weighted by Crippen LogP contribution is -2.15. The lowest BCUT2D eigenvalue weighted by molar-refractivity contribution is 0.598. The number of sulfonamides is 1. The molecule has 0 bridgehead atoms. The fourth-order valence-electron chi connectivity index (χ4n) is 1.87. The van der Waals surface area contributed by atoms with E-state index in [9.17, 15) is 12.8 Å². The molecule has 3 N–H and O–H groups in total. The Morgan fingerprint density at radius 1 is 1.19 bits per heavy atom. The molecule has 0 saturated heterocycles. The van der Waals surface area contributed by atoms with Gasteiger partial charge in [0.25, 0.3) is 10.0 Å². The van der Waals surface area contributed by atoms with Crippen LogP contribution in [0.4, 0.5) is 10.1 Å². The molecule has 0 saturated carbocycles. The van der Waals surface area contributed by atoms with E-state index in [0.29, 0.717) is 5.56 Å². The van der Waals surface area contributed by atoms with Gasteiger partial charge in [-0.1, -0.05) is 18.2 Å². The first-order valence-electron chi connectivity index (χ1n) is 6.44. The van der Waals surface area contributed by atoms with Crippen molar-refractivity contribution in [1.82, 2.24) is 0 Å². The highest BCUT2D eigenvalue weighted by molar-refractivity contribution is 7.92. The summed E-state index contributed by atoms with van der Waals surface area (Å²) < 4.78 is 40.6. The van der Waals surface area contributed by atoms with Crippen LogP contribution in [0.25, 0.3) is 0 Å². The zero-order valence-electron chi connectivity index (χ0n) is 11.8. The van der Waals surface area contributed by atoms with Gasteiger partial charge in [-0.2, -0.15) is 0 Å². The van der Waals surface area contributed by atoms with Crippen molar-refractivity contribution in [1.29, 1.82) is 0 Å². The van der Waals surface area contributed by atoms with Gasteiger partial charge in [0, 0.05) is 6.04 Å². The fourth-order valence-corrected chi connectivity index (χ4v) is 2.99. The van der Waals surface area contributed by atoms with E-state index in [-0.39, 0.29) is 16.6 Å². The standard InChI is InChI=1S/C15H17FN2O2S/c1-10-6-7-15(14(16)8-10)18-21(19,20)13-5-3-4-12(9-13)11(2)17/h3-9,11,18H,17H2,1-2H3. The Balaban J connectivity index is 2.36. The molecule has 112 valence electrons. The topological polar surface area (TPSA) is 72.2 Å². The highest BCUT2D eigenvalue weighted by Crippen LogP contribution is 2.21. The maximum Gasteiger partial charge on any atom is 0.261 e. The van der Waals surface area contributed by atoms with Crippen molar-refractivity contribution in [3.8, 4) is 0 Å². The predicted octanol–water partition coefficient (Wildman–Crippen LogP) is 2.95. The van der Waals surface area contributed by atoms with Crippen LogP contribution < -0.4 is 10.5 Å². The molecule has 1 unspecified atom stereocenters. The van der Waals surface area contributed by atoms with Gasteiger partial charge in [0.1, 0.15) is 5.82 Å². The van der Waals surface area contributed by atoms with Crippen molar-refractivity contribution in [2.45, 2.75) is 24.8 Å². The summed E-state index contributed by atoms with van der Waals surface area (Å²) in [5, 5.41) is 0. The van der Waals surface area contributed by atoms with Gasteiger partial charge in [0.05, 0.1) is 10.6 Å². The largest absolute Gasteiger partial charge is 0.324 e. The number of nitrogens with two attached hydrogens (primary N) is 1. The van der Waals surface area contributed by atoms with Gasteiger partial charge in [0.15, 0.2) is 0 Å². The SMILES string of the molecule is Cc1ccc(NS(=O)(=O)c2cccc(C(C)N)c2)c(F)c1. The van der Waals surface area contributed by atoms with Crippen molar-refractivity contribution >= 4 is 15.7 Å². The van der Waals surface area contributed by atoms with Crippen LogP contribution in [0.15, 0.2) is 47.4 Å². The molecule has 2 aromatic rings. The van der Waals surface area contributed by atoms with Crippen molar-refractivity contribution in [3.05, 3.63) is 59.4 Å². The summed E-state index contributed by atoms with van der Waals surface area (Å²) >= 11 is 0. The summed E-state index contributed by atoms with van der Waals surface area (Å²) in [6, 6.07) is 10.3. The van der Waals surface area contributed by atoms with Crippen LogP contribution in [0.5, 0.6) is 0 Å². The Hall–Kier alpha value is -1.92. The number of anilines is 1. The molecular weight excluding hydrogens is 291 g/mol. The number of hydrogen-bond acceptors (Lipinski definition) is 3. The highest BCUT2D eigenvalue weighted by atomic mass is 32.2. The molecule has 2 rings (SSSR count). The van der Waals surface area contributed by atoms with Crippen molar-refractivity contribution in [2.75, 3.05) is 4.72 Å². The molecule has 2 aromatic carbocycles. The number of halogens is 1. The number of benzene rings is 2. The van der Waals surface area contributed by atoms with E-state index in [1.165, 1.54) is 24.3 Å². The van der Waals surface area contributed by atoms with Crippen LogP contribution in [0.2, 0.25) is 0 Å². The minimum Gasteiger partial charge on any atom is -0.324 e. The van der Waals surface area contributed by atoms with Crippen molar-refractivity contribution < 1.29 is 12.8 Å². The van der Waals surface area contributed by atoms with E-state index < -0.39 is 15.8 Å². The molecule has 1 atom stereocenters. The number of hydrogen-bond donors (Lipinski definition) is 2. The Labute approximate surface area is 123 Å². The first-order chi connectivity index (χ1) is 9.79. The Morgan fingerprint density at radius 3 is 2.52 bits per heavy atom. The van der Waals surface area contributed by atoms with E-state index in [4.69, 9.17) is 5.73 Å². The molecule has 0 spiro atoms. The van der Waals surface area contributed by atoms with Gasteiger partial charge < -0.3 is 5.73 Å². The van der Waals surface area contributed by atoms with Gasteiger partial charge in [-0.25, -0.2) is 12.8 Å². The molecule has 0 aliphatic rings. The third-order valence-corrected chi connectivity index (χ3v) is 4.43. The summed E-state index contributed by atoms with van der Waals surface area (Å²) in [5.74, 6) is -0.609. The number of nitrogens with one attached hydrogen (secondary N) is 1. The van der Waals surface area contributed by atoms with Crippen LogP contribution >= 0.6 is 0 Å². The fraction of sp³-hybridized carbons (Fsp3) is 0.200. The minimum absolute atomic E-state index is 0.0530. The minimum atomic E-state index is -3.85. The molecule has 0 fully saturated rings. The highest BCUT2D eigenvalue weighted by Gasteiger charge is 2.17. The lowest BCUT2D eigenvalue weighted by atomic mass is 10.1. The molecule has 0 aliphatic carbocycles. The Kier molecular flexibility index (Phi) is 4.29. The molecule has 21 heavy (non-hydrogen) atoms. The number of rotatable bonds is 4. The smallest absolute Gasteiger partial charge is 0.261 e. The average Bonchev–Trinajstić information content (AvgIpc) is 2.42. The second kappa shape index (κ2) is 5.83. The third-order valence-electron chi connectivity index (χ3n) is 3.06. The second-order valence-electron chi connectivity index (χ2n) is 4.95. The summed E-state index contributed by atoms with van der Waals surface area (Å²) in [7, 11) is -3.85. The molecular formula is C15H17FN2O2S. The zero-order valence-corrected chi connectivity index (χ0v) is 12.6. The third kappa shape index (κ3) is 3.59. The predicted molar refractivity (Wildman–Crippen MR) is 81.0 cm³/mol. The van der Waals surface area contributed by atoms with Crippen LogP contribution in [0.1, 0.15) is 24.1 Å². The zero-order chi connectivity index (χ0) is 15.6. The quantitative estimate of drug-likeness (QED) is 0.912. The molecule has 0 aliphatic heterocycles. The van der Waals surface area contributed by atoms with E-state index in [1.54, 1.807) is 32.0 Å². The van der Waals surface area contributed by atoms with E-state index >= 15 is 0 Å². The Bertz CT molecular complexity index is 758. The first kappa shape index (κ1) is 15.5. The van der Waals surface area contributed by atoms with Crippen molar-refractivity contribution in [2.24, 2.45) is 5.73 Å². The lowest BCUT2D eigenvalue weighted by Gasteiger charge is -2.11. The normalized spacial score (nSPS) is 13.0. The van der Waals surface area contributed by atoms with Gasteiger partial charge in [0.2, 0.25) is 0 Å². The maximum absolute atomic E-state index is 13.8. The summed E-state index contributed by atoms with van der Waals surface area (Å²) in [6.07, 6.45) is 0. The summed E-state index contributed by atoms with van der Waals surface area (Å²) in [4.78, 5) is 0.0530. The number of aryl methyl sites for hydroxylation is 1. The second-order valence-corrected chi connectivity index (χ2v) is 6.63. The molecule has 4 nitrogen and oxygen atoms in total. The van der Waals surface area contributed by atoms with Gasteiger partial charge in [-0.05, 0) is 49.2 Å². The maximum atomic E-state index is 13.8. The van der Waals surface area contributed by atoms with E-state index in [2.05, 4.69) is 4.72 Å². The molecule has 0 radical (unpaired) electrons. The molecule has 0 amide bonds. The van der Waals surface area contributed by atoms with E-state index in [0.717, 1.165) is 5.56 Å². The molecule has 6 heteroatoms. The Morgan fingerprint density at radius 2 is 1.90 bits per heavy atom.